The third-order valence-electron chi connectivity index (χ3n) is 6.19. The normalized spacial score (nSPS) is 19.8. The van der Waals surface area contributed by atoms with Gasteiger partial charge in [-0.2, -0.15) is 4.98 Å². The van der Waals surface area contributed by atoms with Crippen molar-refractivity contribution in [3.8, 4) is 0 Å². The molecule has 7 nitrogen and oxygen atoms in total. The highest BCUT2D eigenvalue weighted by molar-refractivity contribution is 6.31. The number of piperidine rings is 1. The first-order valence-electron chi connectivity index (χ1n) is 10.9. The van der Waals surface area contributed by atoms with E-state index in [9.17, 15) is 4.79 Å². The van der Waals surface area contributed by atoms with Gasteiger partial charge in [0.2, 0.25) is 11.8 Å². The van der Waals surface area contributed by atoms with Crippen molar-refractivity contribution in [2.75, 3.05) is 39.3 Å². The van der Waals surface area contributed by atoms with Gasteiger partial charge in [-0.1, -0.05) is 35.0 Å². The molecule has 0 saturated carbocycles. The van der Waals surface area contributed by atoms with Crippen molar-refractivity contribution in [3.05, 3.63) is 46.6 Å². The fourth-order valence-electron chi connectivity index (χ4n) is 4.52. The maximum Gasteiger partial charge on any atom is 0.234 e. The number of hydrogen-bond acceptors (Lipinski definition) is 6. The second-order valence-corrected chi connectivity index (χ2v) is 8.72. The molecule has 2 fully saturated rings. The first-order valence-corrected chi connectivity index (χ1v) is 11.3. The molecule has 1 atom stereocenters. The van der Waals surface area contributed by atoms with E-state index in [-0.39, 0.29) is 11.9 Å². The van der Waals surface area contributed by atoms with E-state index in [0.29, 0.717) is 24.8 Å². The number of benzene rings is 1. The Morgan fingerprint density at radius 1 is 1.23 bits per heavy atom. The Morgan fingerprint density at radius 2 is 1.97 bits per heavy atom. The number of hydrogen-bond donors (Lipinski definition) is 1. The molecular formula is C22H30ClN5O2. The number of nitrogens with zero attached hydrogens (tertiary/aromatic N) is 4. The lowest BCUT2D eigenvalue weighted by molar-refractivity contribution is -0.122. The number of aryl methyl sites for hydroxylation is 1. The summed E-state index contributed by atoms with van der Waals surface area (Å²) in [6, 6.07) is 8.08. The Morgan fingerprint density at radius 3 is 2.63 bits per heavy atom. The second kappa shape index (κ2) is 9.90. The maximum atomic E-state index is 12.7. The zero-order valence-electron chi connectivity index (χ0n) is 17.5. The summed E-state index contributed by atoms with van der Waals surface area (Å²) >= 11 is 6.47. The third kappa shape index (κ3) is 5.20. The zero-order chi connectivity index (χ0) is 20.9. The standard InChI is InChI=1S/C22H30ClN5O2/c1-16-25-22(30-26-16)17-8-12-27(13-9-17)15-21(29)24-14-20(28-10-4-5-11-28)18-6-2-3-7-19(18)23/h2-3,6-7,17,20H,4-5,8-15H2,1H3,(H,24,29). The van der Waals surface area contributed by atoms with E-state index in [4.69, 9.17) is 16.1 Å². The van der Waals surface area contributed by atoms with Gasteiger partial charge in [-0.25, -0.2) is 0 Å². The first-order chi connectivity index (χ1) is 14.6. The van der Waals surface area contributed by atoms with Gasteiger partial charge in [-0.3, -0.25) is 14.6 Å². The summed E-state index contributed by atoms with van der Waals surface area (Å²) in [5, 5.41) is 7.81. The summed E-state index contributed by atoms with van der Waals surface area (Å²) in [5.41, 5.74) is 1.09. The molecule has 2 saturated heterocycles. The van der Waals surface area contributed by atoms with Gasteiger partial charge < -0.3 is 9.84 Å². The number of likely N-dealkylation sites (tertiary alicyclic amines) is 2. The minimum atomic E-state index is 0.0679. The molecular weight excluding hydrogens is 402 g/mol. The van der Waals surface area contributed by atoms with Crippen LogP contribution in [0.4, 0.5) is 0 Å². The molecule has 30 heavy (non-hydrogen) atoms. The Balaban J connectivity index is 1.28. The highest BCUT2D eigenvalue weighted by Crippen LogP contribution is 2.30. The Bertz CT molecular complexity index is 844. The third-order valence-corrected chi connectivity index (χ3v) is 6.53. The monoisotopic (exact) mass is 431 g/mol. The van der Waals surface area contributed by atoms with Crippen molar-refractivity contribution in [2.24, 2.45) is 0 Å². The van der Waals surface area contributed by atoms with E-state index in [1.165, 1.54) is 12.8 Å². The number of carbonyl (C=O) groups is 1. The number of carbonyl (C=O) groups excluding carboxylic acids is 1. The van der Waals surface area contributed by atoms with Crippen LogP contribution in [0.25, 0.3) is 0 Å². The van der Waals surface area contributed by atoms with Crippen LogP contribution in [-0.4, -0.2) is 65.1 Å². The Labute approximate surface area is 182 Å². The summed E-state index contributed by atoms with van der Waals surface area (Å²) in [7, 11) is 0. The van der Waals surface area contributed by atoms with Crippen LogP contribution in [0.2, 0.25) is 5.02 Å². The van der Waals surface area contributed by atoms with E-state index in [1.54, 1.807) is 0 Å². The topological polar surface area (TPSA) is 74.5 Å². The van der Waals surface area contributed by atoms with Crippen LogP contribution in [0.1, 0.15) is 54.9 Å². The van der Waals surface area contributed by atoms with Crippen molar-refractivity contribution in [1.82, 2.24) is 25.3 Å². The molecule has 162 valence electrons. The minimum absolute atomic E-state index is 0.0679. The molecule has 0 bridgehead atoms. The fourth-order valence-corrected chi connectivity index (χ4v) is 4.78. The highest BCUT2D eigenvalue weighted by Gasteiger charge is 2.28. The lowest BCUT2D eigenvalue weighted by atomic mass is 9.97. The van der Waals surface area contributed by atoms with Gasteiger partial charge in [-0.15, -0.1) is 0 Å². The maximum absolute atomic E-state index is 12.7. The molecule has 1 unspecified atom stereocenters. The summed E-state index contributed by atoms with van der Waals surface area (Å²) in [6.45, 7) is 6.66. The van der Waals surface area contributed by atoms with Gasteiger partial charge in [0.1, 0.15) is 0 Å². The van der Waals surface area contributed by atoms with Gasteiger partial charge in [0.15, 0.2) is 5.82 Å². The largest absolute Gasteiger partial charge is 0.353 e. The van der Waals surface area contributed by atoms with Gasteiger partial charge in [-0.05, 0) is 70.4 Å². The predicted octanol–water partition coefficient (Wildman–Crippen LogP) is 3.16. The summed E-state index contributed by atoms with van der Waals surface area (Å²) in [5.74, 6) is 1.77. The van der Waals surface area contributed by atoms with Gasteiger partial charge >= 0.3 is 0 Å². The average molecular weight is 432 g/mol. The quantitative estimate of drug-likeness (QED) is 0.725. The summed E-state index contributed by atoms with van der Waals surface area (Å²) < 4.78 is 5.31. The van der Waals surface area contributed by atoms with Crippen LogP contribution in [0, 0.1) is 6.92 Å². The molecule has 0 radical (unpaired) electrons. The Hall–Kier alpha value is -1.96. The van der Waals surface area contributed by atoms with Crippen LogP contribution in [0.3, 0.4) is 0 Å². The van der Waals surface area contributed by atoms with Gasteiger partial charge in [0, 0.05) is 17.5 Å². The van der Waals surface area contributed by atoms with Crippen LogP contribution in [0.5, 0.6) is 0 Å². The number of amides is 1. The van der Waals surface area contributed by atoms with E-state index >= 15 is 0 Å². The lowest BCUT2D eigenvalue weighted by Gasteiger charge is -2.31. The van der Waals surface area contributed by atoms with Crippen LogP contribution in [-0.2, 0) is 4.79 Å². The molecule has 2 aliphatic heterocycles. The lowest BCUT2D eigenvalue weighted by Crippen LogP contribution is -2.43. The Kier molecular flexibility index (Phi) is 7.02. The predicted molar refractivity (Wildman–Crippen MR) is 115 cm³/mol. The van der Waals surface area contributed by atoms with Crippen LogP contribution in [0.15, 0.2) is 28.8 Å². The smallest absolute Gasteiger partial charge is 0.234 e. The molecule has 8 heteroatoms. The van der Waals surface area contributed by atoms with Crippen molar-refractivity contribution >= 4 is 17.5 Å². The minimum Gasteiger partial charge on any atom is -0.353 e. The van der Waals surface area contributed by atoms with E-state index < -0.39 is 0 Å². The molecule has 1 aromatic carbocycles. The van der Waals surface area contributed by atoms with E-state index in [2.05, 4.69) is 31.3 Å². The highest BCUT2D eigenvalue weighted by atomic mass is 35.5. The molecule has 1 aromatic heterocycles. The average Bonchev–Trinajstić information content (AvgIpc) is 3.42. The van der Waals surface area contributed by atoms with Crippen LogP contribution < -0.4 is 5.32 Å². The molecule has 1 N–H and O–H groups in total. The summed E-state index contributed by atoms with van der Waals surface area (Å²) in [6.07, 6.45) is 4.27. The SMILES string of the molecule is Cc1noc(C2CCN(CC(=O)NCC(c3ccccc3Cl)N3CCCC3)CC2)n1. The second-order valence-electron chi connectivity index (χ2n) is 8.31. The molecule has 0 aliphatic carbocycles. The molecule has 3 heterocycles. The van der Waals surface area contributed by atoms with E-state index in [0.717, 1.165) is 55.5 Å². The molecule has 4 rings (SSSR count). The number of aromatic nitrogens is 2. The molecule has 2 aromatic rings. The van der Waals surface area contributed by atoms with Crippen molar-refractivity contribution in [3.63, 3.8) is 0 Å². The number of halogens is 1. The molecule has 1 amide bonds. The van der Waals surface area contributed by atoms with Crippen molar-refractivity contribution in [2.45, 2.75) is 44.6 Å². The zero-order valence-corrected chi connectivity index (χ0v) is 18.3. The van der Waals surface area contributed by atoms with Gasteiger partial charge in [0.05, 0.1) is 12.6 Å². The van der Waals surface area contributed by atoms with E-state index in [1.807, 2.05) is 25.1 Å². The first kappa shape index (κ1) is 21.3. The summed E-state index contributed by atoms with van der Waals surface area (Å²) in [4.78, 5) is 21.6. The van der Waals surface area contributed by atoms with Crippen molar-refractivity contribution in [1.29, 1.82) is 0 Å². The molecule has 0 spiro atoms. The molecule has 2 aliphatic rings. The van der Waals surface area contributed by atoms with Gasteiger partial charge in [0.25, 0.3) is 0 Å². The number of nitrogens with one attached hydrogen (secondary N) is 1. The van der Waals surface area contributed by atoms with Crippen molar-refractivity contribution < 1.29 is 9.32 Å². The number of rotatable bonds is 7. The fraction of sp³-hybridized carbons (Fsp3) is 0.591. The van der Waals surface area contributed by atoms with Crippen LogP contribution >= 0.6 is 11.6 Å².